The Hall–Kier alpha value is -1.10. The molecule has 0 spiro atoms. The van der Waals surface area contributed by atoms with Gasteiger partial charge in [0.2, 0.25) is 5.91 Å². The average molecular weight is 311 g/mol. The van der Waals surface area contributed by atoms with Gasteiger partial charge < -0.3 is 4.90 Å². The van der Waals surface area contributed by atoms with E-state index in [2.05, 4.69) is 0 Å². The first-order valence-corrected chi connectivity index (χ1v) is 8.52. The molecule has 1 saturated carbocycles. The standard InChI is InChI=1S/C16H19F2NOS/c17-12-3-4-14(18)13(10-12)15-5-6-19(7-8-21-15)16(20)9-11-1-2-11/h3-4,10-11,15H,1-2,5-9H2. The number of benzene rings is 1. The summed E-state index contributed by atoms with van der Waals surface area (Å²) in [7, 11) is 0. The Labute approximate surface area is 127 Å². The third kappa shape index (κ3) is 3.76. The highest BCUT2D eigenvalue weighted by atomic mass is 32.2. The number of hydrogen-bond acceptors (Lipinski definition) is 2. The Morgan fingerprint density at radius 3 is 2.81 bits per heavy atom. The summed E-state index contributed by atoms with van der Waals surface area (Å²) in [6.45, 7) is 1.35. The number of carbonyl (C=O) groups excluding carboxylic acids is 1. The van der Waals surface area contributed by atoms with Crippen molar-refractivity contribution in [2.75, 3.05) is 18.8 Å². The van der Waals surface area contributed by atoms with Gasteiger partial charge in [-0.05, 0) is 43.4 Å². The van der Waals surface area contributed by atoms with Gasteiger partial charge in [-0.25, -0.2) is 8.78 Å². The summed E-state index contributed by atoms with van der Waals surface area (Å²) in [4.78, 5) is 14.0. The highest BCUT2D eigenvalue weighted by molar-refractivity contribution is 7.99. The number of halogens is 2. The molecule has 1 aliphatic heterocycles. The quantitative estimate of drug-likeness (QED) is 0.847. The zero-order chi connectivity index (χ0) is 14.8. The molecule has 0 radical (unpaired) electrons. The summed E-state index contributed by atoms with van der Waals surface area (Å²) in [5.74, 6) is 0.824. The van der Waals surface area contributed by atoms with Crippen LogP contribution in [0, 0.1) is 17.6 Å². The molecule has 1 saturated heterocycles. The molecule has 1 aromatic rings. The fraction of sp³-hybridized carbons (Fsp3) is 0.562. The van der Waals surface area contributed by atoms with Gasteiger partial charge in [-0.15, -0.1) is 0 Å². The van der Waals surface area contributed by atoms with Crippen molar-refractivity contribution in [2.45, 2.75) is 30.9 Å². The molecule has 1 atom stereocenters. The molecule has 1 aliphatic carbocycles. The van der Waals surface area contributed by atoms with E-state index in [4.69, 9.17) is 0 Å². The van der Waals surface area contributed by atoms with E-state index in [0.717, 1.165) is 11.8 Å². The minimum atomic E-state index is -0.405. The molecule has 5 heteroatoms. The van der Waals surface area contributed by atoms with Crippen LogP contribution in [0.4, 0.5) is 8.78 Å². The van der Waals surface area contributed by atoms with Crippen molar-refractivity contribution in [1.29, 1.82) is 0 Å². The van der Waals surface area contributed by atoms with E-state index >= 15 is 0 Å². The number of carbonyl (C=O) groups is 1. The number of amides is 1. The number of hydrogen-bond donors (Lipinski definition) is 0. The van der Waals surface area contributed by atoms with Gasteiger partial charge in [0.05, 0.1) is 0 Å². The van der Waals surface area contributed by atoms with E-state index in [1.165, 1.54) is 25.0 Å². The van der Waals surface area contributed by atoms with Crippen LogP contribution >= 0.6 is 11.8 Å². The van der Waals surface area contributed by atoms with Crippen LogP contribution in [-0.2, 0) is 4.79 Å². The Balaban J connectivity index is 1.64. The lowest BCUT2D eigenvalue weighted by molar-refractivity contribution is -0.131. The Bertz CT molecular complexity index is 533. The summed E-state index contributed by atoms with van der Waals surface area (Å²) >= 11 is 1.62. The zero-order valence-corrected chi connectivity index (χ0v) is 12.7. The van der Waals surface area contributed by atoms with Crippen LogP contribution in [0.1, 0.15) is 36.5 Å². The SMILES string of the molecule is O=C(CC1CC1)N1CCSC(c2cc(F)ccc2F)CC1. The lowest BCUT2D eigenvalue weighted by atomic mass is 10.1. The lowest BCUT2D eigenvalue weighted by Crippen LogP contribution is -2.33. The van der Waals surface area contributed by atoms with Gasteiger partial charge >= 0.3 is 0 Å². The van der Waals surface area contributed by atoms with Crippen molar-refractivity contribution in [3.63, 3.8) is 0 Å². The molecule has 2 fully saturated rings. The lowest BCUT2D eigenvalue weighted by Gasteiger charge is -2.20. The van der Waals surface area contributed by atoms with Gasteiger partial charge in [-0.1, -0.05) is 0 Å². The molecule has 0 bridgehead atoms. The van der Waals surface area contributed by atoms with E-state index in [-0.39, 0.29) is 17.0 Å². The van der Waals surface area contributed by atoms with Crippen molar-refractivity contribution < 1.29 is 13.6 Å². The number of rotatable bonds is 3. The first-order chi connectivity index (χ1) is 10.1. The summed E-state index contributed by atoms with van der Waals surface area (Å²) in [5.41, 5.74) is 0.427. The van der Waals surface area contributed by atoms with Crippen LogP contribution in [0.15, 0.2) is 18.2 Å². The van der Waals surface area contributed by atoms with Gasteiger partial charge in [0.25, 0.3) is 0 Å². The average Bonchev–Trinajstić information content (AvgIpc) is 3.27. The molecule has 114 valence electrons. The third-order valence-electron chi connectivity index (χ3n) is 4.16. The minimum Gasteiger partial charge on any atom is -0.342 e. The first-order valence-electron chi connectivity index (χ1n) is 7.48. The fourth-order valence-corrected chi connectivity index (χ4v) is 3.97. The summed E-state index contributed by atoms with van der Waals surface area (Å²) in [6.07, 6.45) is 3.68. The number of nitrogens with zero attached hydrogens (tertiary/aromatic N) is 1. The van der Waals surface area contributed by atoms with E-state index in [1.54, 1.807) is 11.8 Å². The van der Waals surface area contributed by atoms with Gasteiger partial charge in [0.15, 0.2) is 0 Å². The molecule has 21 heavy (non-hydrogen) atoms. The largest absolute Gasteiger partial charge is 0.342 e. The van der Waals surface area contributed by atoms with Crippen molar-refractivity contribution in [1.82, 2.24) is 4.90 Å². The molecule has 1 unspecified atom stereocenters. The Morgan fingerprint density at radius 2 is 2.05 bits per heavy atom. The van der Waals surface area contributed by atoms with E-state index in [9.17, 15) is 13.6 Å². The molecule has 0 aromatic heterocycles. The highest BCUT2D eigenvalue weighted by Gasteiger charge is 2.29. The van der Waals surface area contributed by atoms with Crippen molar-refractivity contribution in [3.8, 4) is 0 Å². The second-order valence-electron chi connectivity index (χ2n) is 5.84. The molecular formula is C16H19F2NOS. The van der Waals surface area contributed by atoms with Crippen LogP contribution in [0.2, 0.25) is 0 Å². The monoisotopic (exact) mass is 311 g/mol. The highest BCUT2D eigenvalue weighted by Crippen LogP contribution is 2.37. The first kappa shape index (κ1) is 14.8. The molecule has 0 N–H and O–H groups in total. The maximum Gasteiger partial charge on any atom is 0.222 e. The predicted octanol–water partition coefficient (Wildman–Crippen LogP) is 3.77. The number of thioether (sulfide) groups is 1. The molecule has 1 heterocycles. The Kier molecular flexibility index (Phi) is 4.48. The second kappa shape index (κ2) is 6.34. The molecular weight excluding hydrogens is 292 g/mol. The van der Waals surface area contributed by atoms with Crippen LogP contribution in [0.25, 0.3) is 0 Å². The molecule has 1 amide bonds. The molecule has 1 aromatic carbocycles. The van der Waals surface area contributed by atoms with E-state index in [1.807, 2.05) is 4.90 Å². The summed E-state index contributed by atoms with van der Waals surface area (Å²) < 4.78 is 27.2. The smallest absolute Gasteiger partial charge is 0.222 e. The van der Waals surface area contributed by atoms with Gasteiger partial charge in [-0.3, -0.25) is 4.79 Å². The molecule has 2 nitrogen and oxygen atoms in total. The Morgan fingerprint density at radius 1 is 1.24 bits per heavy atom. The van der Waals surface area contributed by atoms with E-state index in [0.29, 0.717) is 37.4 Å². The zero-order valence-electron chi connectivity index (χ0n) is 11.9. The second-order valence-corrected chi connectivity index (χ2v) is 7.15. The third-order valence-corrected chi connectivity index (χ3v) is 5.47. The summed E-state index contributed by atoms with van der Waals surface area (Å²) in [5, 5.41) is -0.0700. The van der Waals surface area contributed by atoms with Crippen LogP contribution in [-0.4, -0.2) is 29.6 Å². The van der Waals surface area contributed by atoms with Gasteiger partial charge in [0.1, 0.15) is 11.6 Å². The molecule has 2 aliphatic rings. The molecule has 3 rings (SSSR count). The summed E-state index contributed by atoms with van der Waals surface area (Å²) in [6, 6.07) is 3.62. The van der Waals surface area contributed by atoms with Gasteiger partial charge in [0, 0.05) is 36.1 Å². The van der Waals surface area contributed by atoms with E-state index < -0.39 is 5.82 Å². The normalized spacial score (nSPS) is 23.0. The van der Waals surface area contributed by atoms with Crippen molar-refractivity contribution in [3.05, 3.63) is 35.4 Å². The minimum absolute atomic E-state index is 0.0700. The topological polar surface area (TPSA) is 20.3 Å². The van der Waals surface area contributed by atoms with Crippen LogP contribution in [0.5, 0.6) is 0 Å². The maximum absolute atomic E-state index is 13.9. The van der Waals surface area contributed by atoms with Crippen LogP contribution < -0.4 is 0 Å². The van der Waals surface area contributed by atoms with Crippen molar-refractivity contribution in [2.24, 2.45) is 5.92 Å². The van der Waals surface area contributed by atoms with Gasteiger partial charge in [-0.2, -0.15) is 11.8 Å². The maximum atomic E-state index is 13.9. The predicted molar refractivity (Wildman–Crippen MR) is 80.1 cm³/mol. The fourth-order valence-electron chi connectivity index (χ4n) is 2.73. The van der Waals surface area contributed by atoms with Crippen LogP contribution in [0.3, 0.4) is 0 Å². The van der Waals surface area contributed by atoms with Crippen molar-refractivity contribution >= 4 is 17.7 Å².